The number of aliphatic hydroxyl groups excluding tert-OH is 1. The van der Waals surface area contributed by atoms with Crippen molar-refractivity contribution in [3.05, 3.63) is 45.5 Å². The van der Waals surface area contributed by atoms with Crippen molar-refractivity contribution in [2.75, 3.05) is 12.3 Å². The molecule has 2 rings (SSSR count). The largest absolute Gasteiger partial charge is 0.393 e. The number of nitrogens with zero attached hydrogens (tertiary/aromatic N) is 2. The van der Waals surface area contributed by atoms with Gasteiger partial charge in [0.05, 0.1) is 24.3 Å². The lowest BCUT2D eigenvalue weighted by atomic mass is 10.1. The lowest BCUT2D eigenvalue weighted by Gasteiger charge is -2.15. The molecule has 3 N–H and O–H groups in total. The molecule has 20 heavy (non-hydrogen) atoms. The van der Waals surface area contributed by atoms with E-state index in [0.717, 1.165) is 10.8 Å². The molecule has 1 aromatic heterocycles. The lowest BCUT2D eigenvalue weighted by Crippen LogP contribution is -2.28. The Morgan fingerprint density at radius 1 is 1.50 bits per heavy atom. The van der Waals surface area contributed by atoms with Crippen LogP contribution in [-0.2, 0) is 4.74 Å². The number of nitrogens with two attached hydrogens (primary N) is 1. The zero-order valence-corrected chi connectivity index (χ0v) is 10.7. The molecule has 0 amide bonds. The molecule has 2 heterocycles. The average molecular weight is 306 g/mol. The van der Waals surface area contributed by atoms with Crippen LogP contribution in [0.1, 0.15) is 6.23 Å². The molecular formula is C11H10ClF2N3O3. The van der Waals surface area contributed by atoms with Crippen molar-refractivity contribution < 1.29 is 18.6 Å². The van der Waals surface area contributed by atoms with Gasteiger partial charge in [-0.3, -0.25) is 4.57 Å². The van der Waals surface area contributed by atoms with E-state index in [0.29, 0.717) is 0 Å². The number of anilines is 1. The topological polar surface area (TPSA) is 90.4 Å². The Bertz CT molecular complexity index is 644. The number of hydrogen-bond donors (Lipinski definition) is 2. The summed E-state index contributed by atoms with van der Waals surface area (Å²) < 4.78 is 31.9. The van der Waals surface area contributed by atoms with Gasteiger partial charge in [-0.05, 0) is 0 Å². The normalized spacial score (nSPS) is 26.6. The minimum Gasteiger partial charge on any atom is -0.393 e. The van der Waals surface area contributed by atoms with Crippen molar-refractivity contribution in [3.8, 4) is 0 Å². The molecule has 0 spiro atoms. The second kappa shape index (κ2) is 5.70. The van der Waals surface area contributed by atoms with Crippen molar-refractivity contribution in [1.82, 2.24) is 9.55 Å². The quantitative estimate of drug-likeness (QED) is 0.853. The predicted molar refractivity (Wildman–Crippen MR) is 67.3 cm³/mol. The summed E-state index contributed by atoms with van der Waals surface area (Å²) in [7, 11) is 0. The Morgan fingerprint density at radius 2 is 2.15 bits per heavy atom. The Labute approximate surface area is 116 Å². The number of halogens is 3. The predicted octanol–water partition coefficient (Wildman–Crippen LogP) is 1.08. The third-order valence-electron chi connectivity index (χ3n) is 2.83. The Kier molecular flexibility index (Phi) is 4.17. The first kappa shape index (κ1) is 14.6. The number of nitrogen functional groups attached to an aromatic ring is 1. The monoisotopic (exact) mass is 305 g/mol. The van der Waals surface area contributed by atoms with Crippen LogP contribution in [0.3, 0.4) is 0 Å². The van der Waals surface area contributed by atoms with Gasteiger partial charge in [0.1, 0.15) is 11.9 Å². The van der Waals surface area contributed by atoms with Gasteiger partial charge in [-0.1, -0.05) is 11.6 Å². The van der Waals surface area contributed by atoms with Gasteiger partial charge in [-0.15, -0.1) is 0 Å². The fraction of sp³-hybridized carbons (Fsp3) is 0.273. The number of hydrogen-bond acceptors (Lipinski definition) is 5. The Balaban J connectivity index is 2.53. The number of ether oxygens (including phenoxy) is 1. The molecule has 0 aromatic carbocycles. The lowest BCUT2D eigenvalue weighted by molar-refractivity contribution is -0.00856. The first-order chi connectivity index (χ1) is 9.53. The second-order valence-corrected chi connectivity index (χ2v) is 4.36. The maximum atomic E-state index is 13.0. The Morgan fingerprint density at radius 3 is 2.70 bits per heavy atom. The Hall–Kier alpha value is -1.77. The summed E-state index contributed by atoms with van der Waals surface area (Å²) in [6.45, 7) is -0.575. The molecule has 1 fully saturated rings. The van der Waals surface area contributed by atoms with Gasteiger partial charge < -0.3 is 15.6 Å². The first-order valence-corrected chi connectivity index (χ1v) is 5.82. The molecule has 6 nitrogen and oxygen atoms in total. The van der Waals surface area contributed by atoms with Crippen LogP contribution in [0.25, 0.3) is 0 Å². The van der Waals surface area contributed by atoms with Gasteiger partial charge in [0, 0.05) is 17.3 Å². The van der Waals surface area contributed by atoms with Crippen LogP contribution in [0.2, 0.25) is 5.02 Å². The minimum atomic E-state index is -1.28. The summed E-state index contributed by atoms with van der Waals surface area (Å²) in [5.74, 6) is -0.184. The van der Waals surface area contributed by atoms with Gasteiger partial charge in [0.15, 0.2) is 6.23 Å². The van der Waals surface area contributed by atoms with E-state index in [1.54, 1.807) is 0 Å². The highest BCUT2D eigenvalue weighted by atomic mass is 35.5. The van der Waals surface area contributed by atoms with E-state index in [4.69, 9.17) is 27.2 Å². The van der Waals surface area contributed by atoms with Crippen molar-refractivity contribution in [1.29, 1.82) is 0 Å². The van der Waals surface area contributed by atoms with Crippen molar-refractivity contribution in [2.24, 2.45) is 0 Å². The van der Waals surface area contributed by atoms with Crippen LogP contribution in [0.4, 0.5) is 14.6 Å². The molecule has 2 atom stereocenters. The summed E-state index contributed by atoms with van der Waals surface area (Å²) in [6, 6.07) is 0. The maximum Gasteiger partial charge on any atom is 0.352 e. The van der Waals surface area contributed by atoms with E-state index in [1.165, 1.54) is 0 Å². The molecule has 1 aliphatic heterocycles. The standard InChI is InChI=1S/C11H10ClF2N3O3/c12-7-3-17(11(19)16-9(7)15)10-6(2-14)5(1-13)8(4-18)20-10/h1-3,8,10,18H,4H2,(H2,15,16,19)/b5-1+,6-2+. The molecule has 2 unspecified atom stereocenters. The number of rotatable bonds is 2. The van der Waals surface area contributed by atoms with Crippen LogP contribution >= 0.6 is 11.6 Å². The van der Waals surface area contributed by atoms with Gasteiger partial charge in [0.2, 0.25) is 0 Å². The molecule has 0 radical (unpaired) electrons. The van der Waals surface area contributed by atoms with E-state index < -0.39 is 24.6 Å². The highest BCUT2D eigenvalue weighted by Gasteiger charge is 2.37. The highest BCUT2D eigenvalue weighted by Crippen LogP contribution is 2.38. The van der Waals surface area contributed by atoms with Crippen molar-refractivity contribution in [2.45, 2.75) is 12.3 Å². The van der Waals surface area contributed by atoms with Crippen LogP contribution in [-0.4, -0.2) is 27.4 Å². The maximum absolute atomic E-state index is 13.0. The third-order valence-corrected chi connectivity index (χ3v) is 3.12. The molecule has 0 aliphatic carbocycles. The fourth-order valence-electron chi connectivity index (χ4n) is 1.86. The van der Waals surface area contributed by atoms with E-state index in [9.17, 15) is 13.6 Å². The van der Waals surface area contributed by atoms with Gasteiger partial charge in [-0.25, -0.2) is 13.6 Å². The zero-order valence-electron chi connectivity index (χ0n) is 9.96. The van der Waals surface area contributed by atoms with Gasteiger partial charge >= 0.3 is 5.69 Å². The second-order valence-electron chi connectivity index (χ2n) is 3.95. The average Bonchev–Trinajstić information content (AvgIpc) is 2.80. The van der Waals surface area contributed by atoms with E-state index in [-0.39, 0.29) is 34.6 Å². The van der Waals surface area contributed by atoms with Crippen LogP contribution in [0.5, 0.6) is 0 Å². The van der Waals surface area contributed by atoms with E-state index in [2.05, 4.69) is 4.98 Å². The van der Waals surface area contributed by atoms with E-state index in [1.807, 2.05) is 0 Å². The molecule has 1 saturated heterocycles. The number of aromatic nitrogens is 2. The molecule has 108 valence electrons. The first-order valence-electron chi connectivity index (χ1n) is 5.44. The van der Waals surface area contributed by atoms with Crippen molar-refractivity contribution in [3.63, 3.8) is 0 Å². The molecule has 1 aromatic rings. The SMILES string of the molecule is Nc1nc(=O)n(C2OC(CO)C(=C/F)/C2=C\F)cc1Cl. The minimum absolute atomic E-state index is 0.0374. The van der Waals surface area contributed by atoms with E-state index >= 15 is 0 Å². The summed E-state index contributed by atoms with van der Waals surface area (Å²) >= 11 is 5.74. The van der Waals surface area contributed by atoms with Crippen LogP contribution < -0.4 is 11.4 Å². The summed E-state index contributed by atoms with van der Waals surface area (Å²) in [4.78, 5) is 15.2. The molecular weight excluding hydrogens is 296 g/mol. The molecule has 9 heteroatoms. The third kappa shape index (κ3) is 2.33. The summed E-state index contributed by atoms with van der Waals surface area (Å²) in [5, 5.41) is 9.04. The van der Waals surface area contributed by atoms with Crippen LogP contribution in [0.15, 0.2) is 34.8 Å². The van der Waals surface area contributed by atoms with Crippen molar-refractivity contribution >= 4 is 17.4 Å². The summed E-state index contributed by atoms with van der Waals surface area (Å²) in [5.41, 5.74) is 4.09. The van der Waals surface area contributed by atoms with Gasteiger partial charge in [-0.2, -0.15) is 4.98 Å². The molecule has 1 aliphatic rings. The molecule has 0 saturated carbocycles. The fourth-order valence-corrected chi connectivity index (χ4v) is 2.01. The molecule has 0 bridgehead atoms. The zero-order chi connectivity index (χ0) is 14.9. The summed E-state index contributed by atoms with van der Waals surface area (Å²) in [6.07, 6.45) is -1.05. The number of aliphatic hydroxyl groups is 1. The van der Waals surface area contributed by atoms with Gasteiger partial charge in [0.25, 0.3) is 0 Å². The highest BCUT2D eigenvalue weighted by molar-refractivity contribution is 6.32. The smallest absolute Gasteiger partial charge is 0.352 e. The van der Waals surface area contributed by atoms with Crippen LogP contribution in [0, 0.1) is 0 Å².